The maximum absolute atomic E-state index is 14.2. The van der Waals surface area contributed by atoms with E-state index in [1.807, 2.05) is 96.4 Å². The largest absolute Gasteiger partial charge is 0.477 e. The summed E-state index contributed by atoms with van der Waals surface area (Å²) in [6.45, 7) is 0. The smallest absolute Gasteiger partial charge is 0.382 e. The number of carboxylic acids is 1. The Morgan fingerprint density at radius 1 is 1.00 bits per heavy atom. The Labute approximate surface area is 202 Å². The molecule has 0 heterocycles. The molecule has 4 nitrogen and oxygen atoms in total. The lowest BCUT2D eigenvalue weighted by molar-refractivity contribution is -0.183. The van der Waals surface area contributed by atoms with Crippen LogP contribution >= 0.6 is 90.4 Å². The summed E-state index contributed by atoms with van der Waals surface area (Å²) in [5.41, 5.74) is 0.0446. The molecule has 2 rings (SSSR count). The first-order valence-corrected chi connectivity index (χ1v) is 11.1. The Balaban J connectivity index is 2.51. The van der Waals surface area contributed by atoms with Crippen molar-refractivity contribution in [3.05, 3.63) is 61.8 Å². The minimum Gasteiger partial charge on any atom is -0.477 e. The van der Waals surface area contributed by atoms with Gasteiger partial charge in [-0.15, -0.1) is 0 Å². The molecule has 0 fully saturated rings. The molecule has 0 aliphatic rings. The highest BCUT2D eigenvalue weighted by Crippen LogP contribution is 2.37. The van der Waals surface area contributed by atoms with Crippen LogP contribution in [0.1, 0.15) is 22.0 Å². The number of rotatable bonds is 5. The molecule has 0 saturated carbocycles. The van der Waals surface area contributed by atoms with E-state index in [1.165, 1.54) is 24.3 Å². The van der Waals surface area contributed by atoms with E-state index in [0.29, 0.717) is 7.14 Å². The molecule has 0 saturated heterocycles. The predicted molar refractivity (Wildman–Crippen MR) is 124 cm³/mol. The first-order chi connectivity index (χ1) is 12.1. The van der Waals surface area contributed by atoms with Crippen molar-refractivity contribution in [1.82, 2.24) is 0 Å². The number of hydrogen-bond acceptors (Lipinski definition) is 3. The average Bonchev–Trinajstić information content (AvgIpc) is 2.58. The van der Waals surface area contributed by atoms with Crippen LogP contribution in [0, 0.1) is 14.3 Å². The Morgan fingerprint density at radius 3 is 1.96 bits per heavy atom. The van der Waals surface area contributed by atoms with Crippen molar-refractivity contribution in [1.29, 1.82) is 0 Å². The zero-order chi connectivity index (χ0) is 19.6. The van der Waals surface area contributed by atoms with Crippen LogP contribution in [0.15, 0.2) is 36.4 Å². The number of aliphatic carboxylic acids is 1. The molecule has 138 valence electrons. The quantitative estimate of drug-likeness (QED) is 0.239. The number of halogens is 6. The van der Waals surface area contributed by atoms with Crippen molar-refractivity contribution in [3.8, 4) is 0 Å². The molecule has 2 aromatic carbocycles. The van der Waals surface area contributed by atoms with Crippen LogP contribution in [0.5, 0.6) is 0 Å². The molecular weight excluding hydrogens is 802 g/mol. The van der Waals surface area contributed by atoms with Gasteiger partial charge in [-0.05, 0) is 102 Å². The second kappa shape index (κ2) is 9.11. The third-order valence-electron chi connectivity index (χ3n) is 3.26. The van der Waals surface area contributed by atoms with Crippen LogP contribution in [0.2, 0.25) is 0 Å². The van der Waals surface area contributed by atoms with E-state index in [0.717, 1.165) is 7.14 Å². The molecule has 1 unspecified atom stereocenters. The van der Waals surface area contributed by atoms with Crippen LogP contribution in [0.25, 0.3) is 0 Å². The lowest BCUT2D eigenvalue weighted by Gasteiger charge is -2.24. The number of carbonyl (C=O) groups excluding carboxylic acids is 1. The van der Waals surface area contributed by atoms with E-state index >= 15 is 0 Å². The van der Waals surface area contributed by atoms with Gasteiger partial charge in [-0.25, -0.2) is 9.59 Å². The number of benzene rings is 2. The Bertz CT molecular complexity index is 833. The summed E-state index contributed by atoms with van der Waals surface area (Å²) in [4.78, 5) is 23.7. The molecule has 0 bridgehead atoms. The Hall–Kier alpha value is 0.160. The zero-order valence-corrected chi connectivity index (χ0v) is 21.1. The number of esters is 1. The van der Waals surface area contributed by atoms with E-state index in [-0.39, 0.29) is 11.1 Å². The lowest BCUT2D eigenvalue weighted by atomic mass is 10.0. The minimum absolute atomic E-state index is 0.0985. The topological polar surface area (TPSA) is 63.6 Å². The van der Waals surface area contributed by atoms with Crippen molar-refractivity contribution in [3.63, 3.8) is 0 Å². The van der Waals surface area contributed by atoms with E-state index in [1.54, 1.807) is 6.07 Å². The molecule has 0 aliphatic heterocycles. The van der Waals surface area contributed by atoms with Gasteiger partial charge in [0.1, 0.15) is 0 Å². The van der Waals surface area contributed by atoms with Gasteiger partial charge in [-0.2, -0.15) is 8.78 Å². The van der Waals surface area contributed by atoms with Crippen LogP contribution in [0.3, 0.4) is 0 Å². The summed E-state index contributed by atoms with van der Waals surface area (Å²) < 4.78 is 36.2. The standard InChI is InChI=1S/C16H8F2I4O4/c17-16(18,15(24)25)13(7-4-2-1-3-5-7)26-14(23)10-11(21)8(19)6-9(20)12(10)22/h1-6,13H,(H,24,25). The Morgan fingerprint density at radius 2 is 1.50 bits per heavy atom. The van der Waals surface area contributed by atoms with Crippen LogP contribution in [-0.4, -0.2) is 23.0 Å². The van der Waals surface area contributed by atoms with Crippen molar-refractivity contribution in [2.45, 2.75) is 12.0 Å². The van der Waals surface area contributed by atoms with E-state index < -0.39 is 24.0 Å². The number of hydrogen-bond donors (Lipinski definition) is 1. The third kappa shape index (κ3) is 4.76. The summed E-state index contributed by atoms with van der Waals surface area (Å²) in [6, 6.07) is 8.97. The fourth-order valence-corrected chi connectivity index (χ4v) is 5.57. The van der Waals surface area contributed by atoms with E-state index in [9.17, 15) is 18.4 Å². The fourth-order valence-electron chi connectivity index (χ4n) is 2.01. The van der Waals surface area contributed by atoms with Crippen molar-refractivity contribution < 1.29 is 28.2 Å². The number of carboxylic acid groups (broad SMARTS) is 1. The Kier molecular flexibility index (Phi) is 7.86. The number of alkyl halides is 2. The van der Waals surface area contributed by atoms with Crippen molar-refractivity contribution in [2.24, 2.45) is 0 Å². The van der Waals surface area contributed by atoms with Gasteiger partial charge in [0.05, 0.1) is 5.56 Å². The van der Waals surface area contributed by atoms with E-state index in [2.05, 4.69) is 0 Å². The molecule has 1 atom stereocenters. The predicted octanol–water partition coefficient (Wildman–Crippen LogP) is 5.72. The average molecular weight is 810 g/mol. The summed E-state index contributed by atoms with van der Waals surface area (Å²) in [7, 11) is 0. The van der Waals surface area contributed by atoms with Gasteiger partial charge < -0.3 is 9.84 Å². The van der Waals surface area contributed by atoms with Crippen LogP contribution < -0.4 is 0 Å². The first kappa shape index (κ1) is 22.4. The summed E-state index contributed by atoms with van der Waals surface area (Å²) >= 11 is 7.94. The van der Waals surface area contributed by atoms with Gasteiger partial charge in [0.25, 0.3) is 0 Å². The second-order valence-electron chi connectivity index (χ2n) is 4.97. The van der Waals surface area contributed by atoms with Crippen LogP contribution in [-0.2, 0) is 9.53 Å². The van der Waals surface area contributed by atoms with E-state index in [4.69, 9.17) is 9.84 Å². The monoisotopic (exact) mass is 810 g/mol. The number of carbonyl (C=O) groups is 2. The molecule has 26 heavy (non-hydrogen) atoms. The van der Waals surface area contributed by atoms with Crippen molar-refractivity contribution in [2.75, 3.05) is 0 Å². The molecule has 10 heteroatoms. The van der Waals surface area contributed by atoms with Gasteiger partial charge in [0.2, 0.25) is 6.10 Å². The SMILES string of the molecule is O=C(OC(c1ccccc1)C(F)(F)C(=O)O)c1c(I)c(I)cc(I)c1I. The zero-order valence-electron chi connectivity index (χ0n) is 12.5. The summed E-state index contributed by atoms with van der Waals surface area (Å²) in [6.07, 6.45) is -2.24. The van der Waals surface area contributed by atoms with Crippen molar-refractivity contribution >= 4 is 102 Å². The molecule has 0 spiro atoms. The highest BCUT2D eigenvalue weighted by molar-refractivity contribution is 14.1. The van der Waals surface area contributed by atoms with Gasteiger partial charge in [-0.1, -0.05) is 30.3 Å². The lowest BCUT2D eigenvalue weighted by Crippen LogP contribution is -2.38. The molecule has 0 aliphatic carbocycles. The van der Waals surface area contributed by atoms with Crippen LogP contribution in [0.4, 0.5) is 8.78 Å². The molecule has 0 radical (unpaired) electrons. The highest BCUT2D eigenvalue weighted by atomic mass is 127. The molecular formula is C16H8F2I4O4. The molecule has 0 amide bonds. The maximum Gasteiger partial charge on any atom is 0.382 e. The molecule has 1 N–H and O–H groups in total. The molecule has 2 aromatic rings. The fraction of sp³-hybridized carbons (Fsp3) is 0.125. The van der Waals surface area contributed by atoms with Gasteiger partial charge in [-0.3, -0.25) is 0 Å². The third-order valence-corrected chi connectivity index (χ3v) is 9.26. The first-order valence-electron chi connectivity index (χ1n) is 6.77. The van der Waals surface area contributed by atoms with Gasteiger partial charge in [0.15, 0.2) is 0 Å². The van der Waals surface area contributed by atoms with Gasteiger partial charge in [0, 0.05) is 14.3 Å². The second-order valence-corrected chi connectivity index (χ2v) is 9.45. The van der Waals surface area contributed by atoms with Gasteiger partial charge >= 0.3 is 17.9 Å². The minimum atomic E-state index is -4.27. The highest BCUT2D eigenvalue weighted by Gasteiger charge is 2.51. The maximum atomic E-state index is 14.2. The summed E-state index contributed by atoms with van der Waals surface area (Å²) in [5, 5.41) is 8.91. The summed E-state index contributed by atoms with van der Waals surface area (Å²) in [5.74, 6) is -7.63. The normalized spacial score (nSPS) is 12.5. The molecule has 0 aromatic heterocycles. The number of ether oxygens (including phenoxy) is 1.